The third-order valence-electron chi connectivity index (χ3n) is 3.98. The van der Waals surface area contributed by atoms with Crippen LogP contribution in [0.15, 0.2) is 27.5 Å². The highest BCUT2D eigenvalue weighted by molar-refractivity contribution is 8.04. The van der Waals surface area contributed by atoms with E-state index in [1.807, 2.05) is 26.0 Å². The monoisotopic (exact) mass is 324 g/mol. The van der Waals surface area contributed by atoms with Gasteiger partial charge in [-0.25, -0.2) is 5.84 Å². The van der Waals surface area contributed by atoms with Gasteiger partial charge in [-0.05, 0) is 50.0 Å². The Hall–Kier alpha value is -1.17. The molecule has 1 aromatic carbocycles. The summed E-state index contributed by atoms with van der Waals surface area (Å²) in [6.07, 6.45) is 1.52. The molecule has 0 aromatic heterocycles. The number of carbonyl (C=O) groups excluding carboxylic acids is 1. The fourth-order valence-electron chi connectivity index (χ4n) is 2.79. The summed E-state index contributed by atoms with van der Waals surface area (Å²) in [6, 6.07) is 3.82. The Morgan fingerprint density at radius 3 is 2.81 bits per heavy atom. The number of halogens is 1. The minimum Gasteiger partial charge on any atom is -0.495 e. The van der Waals surface area contributed by atoms with Gasteiger partial charge in [-0.15, -0.1) is 0 Å². The lowest BCUT2D eigenvalue weighted by Crippen LogP contribution is -2.55. The van der Waals surface area contributed by atoms with Crippen LogP contribution in [0.5, 0.6) is 5.75 Å². The second kappa shape index (κ2) is 4.93. The van der Waals surface area contributed by atoms with Gasteiger partial charge in [0.25, 0.3) is 5.91 Å². The van der Waals surface area contributed by atoms with Crippen molar-refractivity contribution >= 4 is 29.3 Å². The van der Waals surface area contributed by atoms with Gasteiger partial charge in [-0.3, -0.25) is 9.80 Å². The van der Waals surface area contributed by atoms with Crippen molar-refractivity contribution in [2.75, 3.05) is 7.11 Å². The SMILES string of the molecule is COc1cc2c(cc1Cl)CC1=C(S2)C(=O)N(N)C(C)(C)C1. The summed E-state index contributed by atoms with van der Waals surface area (Å²) in [4.78, 5) is 14.2. The summed E-state index contributed by atoms with van der Waals surface area (Å²) in [5, 5.41) is 1.94. The van der Waals surface area contributed by atoms with Gasteiger partial charge in [0.15, 0.2) is 0 Å². The number of nitrogens with two attached hydrogens (primary N) is 1. The first-order chi connectivity index (χ1) is 9.83. The van der Waals surface area contributed by atoms with Crippen LogP contribution >= 0.6 is 23.4 Å². The van der Waals surface area contributed by atoms with E-state index in [1.165, 1.54) is 16.8 Å². The van der Waals surface area contributed by atoms with Gasteiger partial charge < -0.3 is 4.74 Å². The van der Waals surface area contributed by atoms with Crippen LogP contribution in [0.3, 0.4) is 0 Å². The molecule has 2 aliphatic heterocycles. The molecule has 112 valence electrons. The average molecular weight is 325 g/mol. The molecule has 0 fully saturated rings. The van der Waals surface area contributed by atoms with Gasteiger partial charge in [-0.1, -0.05) is 23.4 Å². The summed E-state index contributed by atoms with van der Waals surface area (Å²) in [5.41, 5.74) is 1.92. The van der Waals surface area contributed by atoms with E-state index in [0.29, 0.717) is 10.8 Å². The lowest BCUT2D eigenvalue weighted by molar-refractivity contribution is -0.133. The molecule has 2 heterocycles. The Bertz CT molecular complexity index is 670. The molecule has 0 radical (unpaired) electrons. The van der Waals surface area contributed by atoms with Crippen molar-refractivity contribution < 1.29 is 9.53 Å². The Morgan fingerprint density at radius 2 is 2.14 bits per heavy atom. The molecule has 0 aliphatic carbocycles. The van der Waals surface area contributed by atoms with Crippen molar-refractivity contribution in [1.29, 1.82) is 0 Å². The first-order valence-corrected chi connectivity index (χ1v) is 7.88. The summed E-state index contributed by atoms with van der Waals surface area (Å²) in [6.45, 7) is 3.96. The van der Waals surface area contributed by atoms with E-state index in [-0.39, 0.29) is 11.4 Å². The number of carbonyl (C=O) groups is 1. The number of methoxy groups -OCH3 is 1. The fourth-order valence-corrected chi connectivity index (χ4v) is 4.17. The van der Waals surface area contributed by atoms with Crippen LogP contribution in [-0.4, -0.2) is 23.6 Å². The second-order valence-corrected chi connectivity index (χ2v) is 7.43. The first kappa shape index (κ1) is 14.8. The van der Waals surface area contributed by atoms with Crippen molar-refractivity contribution in [1.82, 2.24) is 5.01 Å². The van der Waals surface area contributed by atoms with Crippen LogP contribution in [0.25, 0.3) is 0 Å². The lowest BCUT2D eigenvalue weighted by Gasteiger charge is -2.42. The number of fused-ring (bicyclic) bond motifs is 1. The predicted molar refractivity (Wildman–Crippen MR) is 84.3 cm³/mol. The number of hydrogen-bond donors (Lipinski definition) is 1. The van der Waals surface area contributed by atoms with Gasteiger partial charge >= 0.3 is 0 Å². The zero-order valence-corrected chi connectivity index (χ0v) is 13.8. The Kier molecular flexibility index (Phi) is 3.47. The molecule has 0 atom stereocenters. The van der Waals surface area contributed by atoms with E-state index >= 15 is 0 Å². The number of ether oxygens (including phenoxy) is 1. The quantitative estimate of drug-likeness (QED) is 0.637. The second-order valence-electron chi connectivity index (χ2n) is 5.97. The van der Waals surface area contributed by atoms with E-state index in [1.54, 1.807) is 7.11 Å². The van der Waals surface area contributed by atoms with Gasteiger partial charge in [0.1, 0.15) is 5.75 Å². The zero-order chi connectivity index (χ0) is 15.4. The summed E-state index contributed by atoms with van der Waals surface area (Å²) < 4.78 is 5.25. The van der Waals surface area contributed by atoms with E-state index in [2.05, 4.69) is 0 Å². The van der Waals surface area contributed by atoms with Crippen molar-refractivity contribution in [2.45, 2.75) is 37.1 Å². The van der Waals surface area contributed by atoms with Gasteiger partial charge in [0.05, 0.1) is 22.6 Å². The smallest absolute Gasteiger partial charge is 0.275 e. The van der Waals surface area contributed by atoms with Gasteiger partial charge in [-0.2, -0.15) is 0 Å². The molecule has 0 bridgehead atoms. The maximum absolute atomic E-state index is 12.5. The zero-order valence-electron chi connectivity index (χ0n) is 12.2. The highest BCUT2D eigenvalue weighted by Gasteiger charge is 2.40. The Labute approximate surface area is 133 Å². The number of hydrazine groups is 1. The minimum absolute atomic E-state index is 0.106. The number of amides is 1. The summed E-state index contributed by atoms with van der Waals surface area (Å²) >= 11 is 7.66. The Morgan fingerprint density at radius 1 is 1.43 bits per heavy atom. The van der Waals surface area contributed by atoms with Gasteiger partial charge in [0.2, 0.25) is 0 Å². The molecule has 1 aromatic rings. The lowest BCUT2D eigenvalue weighted by atomic mass is 9.87. The number of nitrogens with zero attached hydrogens (tertiary/aromatic N) is 1. The summed E-state index contributed by atoms with van der Waals surface area (Å²) in [5.74, 6) is 6.47. The molecule has 4 nitrogen and oxygen atoms in total. The molecule has 6 heteroatoms. The average Bonchev–Trinajstić information content (AvgIpc) is 2.42. The summed E-state index contributed by atoms with van der Waals surface area (Å²) in [7, 11) is 1.59. The minimum atomic E-state index is -0.357. The maximum Gasteiger partial charge on any atom is 0.275 e. The third-order valence-corrected chi connectivity index (χ3v) is 5.55. The highest BCUT2D eigenvalue weighted by atomic mass is 35.5. The predicted octanol–water partition coefficient (Wildman–Crippen LogP) is 3.14. The van der Waals surface area contributed by atoms with Crippen molar-refractivity contribution in [3.63, 3.8) is 0 Å². The molecule has 0 saturated heterocycles. The number of hydrogen-bond acceptors (Lipinski definition) is 4. The van der Waals surface area contributed by atoms with E-state index in [4.69, 9.17) is 22.2 Å². The van der Waals surface area contributed by atoms with E-state index < -0.39 is 0 Å². The molecule has 0 spiro atoms. The maximum atomic E-state index is 12.5. The highest BCUT2D eigenvalue weighted by Crippen LogP contribution is 2.47. The van der Waals surface area contributed by atoms with Crippen molar-refractivity contribution in [2.24, 2.45) is 5.84 Å². The fraction of sp³-hybridized carbons (Fsp3) is 0.400. The number of thioether (sulfide) groups is 1. The molecule has 2 aliphatic rings. The van der Waals surface area contributed by atoms with Crippen LogP contribution < -0.4 is 10.6 Å². The van der Waals surface area contributed by atoms with Crippen LogP contribution in [0.1, 0.15) is 25.8 Å². The molecular formula is C15H17ClN2O2S. The van der Waals surface area contributed by atoms with Crippen LogP contribution in [0.2, 0.25) is 5.02 Å². The van der Waals surface area contributed by atoms with Crippen LogP contribution in [-0.2, 0) is 11.2 Å². The van der Waals surface area contributed by atoms with Crippen molar-refractivity contribution in [3.8, 4) is 5.75 Å². The van der Waals surface area contributed by atoms with Crippen molar-refractivity contribution in [3.05, 3.63) is 33.2 Å². The molecule has 3 rings (SSSR count). The number of rotatable bonds is 1. The topological polar surface area (TPSA) is 55.6 Å². The molecule has 1 amide bonds. The molecule has 0 unspecified atom stereocenters. The largest absolute Gasteiger partial charge is 0.495 e. The molecule has 21 heavy (non-hydrogen) atoms. The molecule has 2 N–H and O–H groups in total. The van der Waals surface area contributed by atoms with Crippen LogP contribution in [0, 0.1) is 0 Å². The van der Waals surface area contributed by atoms with E-state index in [0.717, 1.165) is 33.8 Å². The van der Waals surface area contributed by atoms with E-state index in [9.17, 15) is 4.79 Å². The Balaban J connectivity index is 2.03. The normalized spacial score (nSPS) is 20.2. The number of benzene rings is 1. The first-order valence-electron chi connectivity index (χ1n) is 6.69. The van der Waals surface area contributed by atoms with Gasteiger partial charge in [0, 0.05) is 4.90 Å². The standard InChI is InChI=1S/C15H17ClN2O2S/c1-15(2)7-9-4-8-5-10(16)11(20-3)6-12(8)21-13(9)14(19)18(15)17/h5-6H,4,7,17H2,1-3H3. The van der Waals surface area contributed by atoms with Crippen LogP contribution in [0.4, 0.5) is 0 Å². The molecule has 0 saturated carbocycles. The molecular weight excluding hydrogens is 308 g/mol. The third kappa shape index (κ3) is 2.33.